The minimum atomic E-state index is 0.631. The molecular formula is C9H11N3S. The number of nitrogens with zero attached hydrogens (tertiary/aromatic N) is 2. The van der Waals surface area contributed by atoms with Gasteiger partial charge in [0.05, 0.1) is 11.4 Å². The number of aromatic nitrogens is 2. The zero-order valence-corrected chi connectivity index (χ0v) is 8.00. The quantitative estimate of drug-likeness (QED) is 0.804. The van der Waals surface area contributed by atoms with Gasteiger partial charge in [0, 0.05) is 12.7 Å². The Morgan fingerprint density at radius 3 is 3.08 bits per heavy atom. The van der Waals surface area contributed by atoms with Crippen LogP contribution in [-0.4, -0.2) is 16.3 Å². The largest absolute Gasteiger partial charge is 0.329 e. The van der Waals surface area contributed by atoms with E-state index < -0.39 is 0 Å². The van der Waals surface area contributed by atoms with Crippen molar-refractivity contribution in [2.45, 2.75) is 6.54 Å². The molecule has 0 saturated heterocycles. The van der Waals surface area contributed by atoms with E-state index >= 15 is 0 Å². The summed E-state index contributed by atoms with van der Waals surface area (Å²) < 4.78 is 1.87. The van der Waals surface area contributed by atoms with Crippen LogP contribution in [0.5, 0.6) is 0 Å². The van der Waals surface area contributed by atoms with Crippen LogP contribution in [0.25, 0.3) is 10.6 Å². The Hall–Kier alpha value is -1.13. The van der Waals surface area contributed by atoms with E-state index in [1.165, 1.54) is 4.88 Å². The molecule has 0 fully saturated rings. The smallest absolute Gasteiger partial charge is 0.102 e. The molecule has 0 saturated carbocycles. The van der Waals surface area contributed by atoms with Gasteiger partial charge in [-0.3, -0.25) is 4.68 Å². The monoisotopic (exact) mass is 193 g/mol. The molecule has 2 N–H and O–H groups in total. The first-order valence-electron chi connectivity index (χ1n) is 4.17. The number of hydrogen-bond donors (Lipinski definition) is 1. The Bertz CT molecular complexity index is 364. The average Bonchev–Trinajstić information content (AvgIpc) is 2.70. The number of hydrogen-bond acceptors (Lipinski definition) is 3. The first kappa shape index (κ1) is 8.47. The normalized spacial score (nSPS) is 10.5. The Morgan fingerprint density at radius 1 is 1.46 bits per heavy atom. The lowest BCUT2D eigenvalue weighted by atomic mass is 10.3. The number of rotatable bonds is 3. The zero-order chi connectivity index (χ0) is 9.10. The Kier molecular flexibility index (Phi) is 2.42. The fourth-order valence-corrected chi connectivity index (χ4v) is 1.86. The molecule has 0 amide bonds. The molecule has 2 aromatic rings. The minimum absolute atomic E-state index is 0.631. The highest BCUT2D eigenvalue weighted by molar-refractivity contribution is 7.13. The molecule has 0 bridgehead atoms. The van der Waals surface area contributed by atoms with Crippen molar-refractivity contribution in [2.24, 2.45) is 5.73 Å². The first-order valence-corrected chi connectivity index (χ1v) is 5.05. The third-order valence-electron chi connectivity index (χ3n) is 1.77. The molecule has 2 aromatic heterocycles. The van der Waals surface area contributed by atoms with Crippen molar-refractivity contribution in [1.29, 1.82) is 0 Å². The minimum Gasteiger partial charge on any atom is -0.329 e. The molecule has 0 aliphatic heterocycles. The summed E-state index contributed by atoms with van der Waals surface area (Å²) in [5, 5.41) is 6.44. The van der Waals surface area contributed by atoms with E-state index in [0.717, 1.165) is 12.2 Å². The van der Waals surface area contributed by atoms with Crippen molar-refractivity contribution in [3.05, 3.63) is 29.8 Å². The molecular weight excluding hydrogens is 182 g/mol. The average molecular weight is 193 g/mol. The molecule has 2 rings (SSSR count). The fourth-order valence-electron chi connectivity index (χ4n) is 1.17. The van der Waals surface area contributed by atoms with Gasteiger partial charge in [0.2, 0.25) is 0 Å². The van der Waals surface area contributed by atoms with E-state index in [-0.39, 0.29) is 0 Å². The maximum absolute atomic E-state index is 5.43. The summed E-state index contributed by atoms with van der Waals surface area (Å²) in [6.07, 6.45) is 1.96. The second kappa shape index (κ2) is 3.72. The predicted molar refractivity (Wildman–Crippen MR) is 54.6 cm³/mol. The van der Waals surface area contributed by atoms with Gasteiger partial charge in [-0.05, 0) is 17.5 Å². The first-order chi connectivity index (χ1) is 6.40. The molecule has 13 heavy (non-hydrogen) atoms. The fraction of sp³-hybridized carbons (Fsp3) is 0.222. The summed E-state index contributed by atoms with van der Waals surface area (Å²) in [6, 6.07) is 6.11. The molecule has 0 aliphatic rings. The molecule has 0 spiro atoms. The van der Waals surface area contributed by atoms with Crippen LogP contribution in [0.3, 0.4) is 0 Å². The van der Waals surface area contributed by atoms with E-state index in [1.54, 1.807) is 11.3 Å². The Balaban J connectivity index is 2.23. The standard InChI is InChI=1S/C9H11N3S/c10-4-6-12-5-3-8(11-12)9-2-1-7-13-9/h1-3,5,7H,4,6,10H2. The summed E-state index contributed by atoms with van der Waals surface area (Å²) in [7, 11) is 0. The Morgan fingerprint density at radius 2 is 2.38 bits per heavy atom. The third-order valence-corrected chi connectivity index (χ3v) is 2.66. The highest BCUT2D eigenvalue weighted by Crippen LogP contribution is 2.21. The lowest BCUT2D eigenvalue weighted by Gasteiger charge is -1.95. The topological polar surface area (TPSA) is 43.8 Å². The second-order valence-corrected chi connectivity index (χ2v) is 3.68. The van der Waals surface area contributed by atoms with Crippen molar-refractivity contribution in [3.63, 3.8) is 0 Å². The van der Waals surface area contributed by atoms with Crippen LogP contribution in [0.15, 0.2) is 29.8 Å². The van der Waals surface area contributed by atoms with Gasteiger partial charge >= 0.3 is 0 Å². The molecule has 0 aromatic carbocycles. The van der Waals surface area contributed by atoms with Crippen LogP contribution in [0.4, 0.5) is 0 Å². The van der Waals surface area contributed by atoms with E-state index in [4.69, 9.17) is 5.73 Å². The highest BCUT2D eigenvalue weighted by atomic mass is 32.1. The summed E-state index contributed by atoms with van der Waals surface area (Å²) in [6.45, 7) is 1.41. The van der Waals surface area contributed by atoms with Crippen molar-refractivity contribution in [2.75, 3.05) is 6.54 Å². The molecule has 0 unspecified atom stereocenters. The van der Waals surface area contributed by atoms with E-state index in [2.05, 4.69) is 16.5 Å². The second-order valence-electron chi connectivity index (χ2n) is 2.73. The molecule has 3 nitrogen and oxygen atoms in total. The molecule has 0 radical (unpaired) electrons. The summed E-state index contributed by atoms with van der Waals surface area (Å²) >= 11 is 1.70. The number of thiophene rings is 1. The summed E-state index contributed by atoms with van der Waals surface area (Å²) in [5.41, 5.74) is 6.46. The van der Waals surface area contributed by atoms with Gasteiger partial charge in [0.25, 0.3) is 0 Å². The molecule has 0 atom stereocenters. The SMILES string of the molecule is NCCn1ccc(-c2cccs2)n1. The van der Waals surface area contributed by atoms with Crippen molar-refractivity contribution >= 4 is 11.3 Å². The van der Waals surface area contributed by atoms with E-state index in [0.29, 0.717) is 6.54 Å². The lowest BCUT2D eigenvalue weighted by Crippen LogP contribution is -2.09. The van der Waals surface area contributed by atoms with Crippen LogP contribution < -0.4 is 5.73 Å². The Labute approximate surface area is 80.8 Å². The van der Waals surface area contributed by atoms with Gasteiger partial charge in [-0.25, -0.2) is 0 Å². The number of nitrogens with two attached hydrogens (primary N) is 1. The van der Waals surface area contributed by atoms with Crippen LogP contribution in [-0.2, 0) is 6.54 Å². The maximum Gasteiger partial charge on any atom is 0.102 e. The lowest BCUT2D eigenvalue weighted by molar-refractivity contribution is 0.627. The predicted octanol–water partition coefficient (Wildman–Crippen LogP) is 1.57. The van der Waals surface area contributed by atoms with Crippen LogP contribution in [0.2, 0.25) is 0 Å². The van der Waals surface area contributed by atoms with Crippen LogP contribution in [0, 0.1) is 0 Å². The van der Waals surface area contributed by atoms with Crippen molar-refractivity contribution in [3.8, 4) is 10.6 Å². The highest BCUT2D eigenvalue weighted by Gasteiger charge is 2.01. The molecule has 68 valence electrons. The zero-order valence-electron chi connectivity index (χ0n) is 7.18. The third kappa shape index (κ3) is 1.79. The van der Waals surface area contributed by atoms with E-state index in [9.17, 15) is 0 Å². The van der Waals surface area contributed by atoms with Crippen LogP contribution in [0.1, 0.15) is 0 Å². The van der Waals surface area contributed by atoms with Crippen molar-refractivity contribution < 1.29 is 0 Å². The summed E-state index contributed by atoms with van der Waals surface area (Å²) in [5.74, 6) is 0. The van der Waals surface area contributed by atoms with Gasteiger partial charge in [-0.1, -0.05) is 6.07 Å². The maximum atomic E-state index is 5.43. The summed E-state index contributed by atoms with van der Waals surface area (Å²) in [4.78, 5) is 1.20. The van der Waals surface area contributed by atoms with Gasteiger partial charge in [-0.15, -0.1) is 11.3 Å². The van der Waals surface area contributed by atoms with Gasteiger partial charge in [-0.2, -0.15) is 5.10 Å². The molecule has 2 heterocycles. The van der Waals surface area contributed by atoms with Gasteiger partial charge in [0.15, 0.2) is 0 Å². The van der Waals surface area contributed by atoms with Crippen molar-refractivity contribution in [1.82, 2.24) is 9.78 Å². The van der Waals surface area contributed by atoms with E-state index in [1.807, 2.05) is 23.0 Å². The van der Waals surface area contributed by atoms with Crippen LogP contribution >= 0.6 is 11.3 Å². The van der Waals surface area contributed by atoms with Gasteiger partial charge in [0.1, 0.15) is 5.69 Å². The molecule has 4 heteroatoms. The molecule has 0 aliphatic carbocycles. The van der Waals surface area contributed by atoms with Gasteiger partial charge < -0.3 is 5.73 Å².